The van der Waals surface area contributed by atoms with E-state index in [1.165, 1.54) is 0 Å². The topological polar surface area (TPSA) is 83.8 Å². The van der Waals surface area contributed by atoms with Gasteiger partial charge in [0.2, 0.25) is 5.78 Å². The number of Topliss-reactive ketones (excluding diaryl/α,β-unsaturated/α-hetero) is 1. The fourth-order valence-electron chi connectivity index (χ4n) is 2.82. The van der Waals surface area contributed by atoms with E-state index in [2.05, 4.69) is 0 Å². The summed E-state index contributed by atoms with van der Waals surface area (Å²) < 4.78 is 5.06. The number of carbonyl (C=O) groups excluding carboxylic acids is 2. The molecule has 0 amide bonds. The normalized spacial score (nSPS) is 10.7. The lowest BCUT2D eigenvalue weighted by Crippen LogP contribution is -2.15. The van der Waals surface area contributed by atoms with Gasteiger partial charge >= 0.3 is 5.97 Å². The van der Waals surface area contributed by atoms with Crippen LogP contribution < -0.4 is 0 Å². The van der Waals surface area contributed by atoms with Gasteiger partial charge in [-0.15, -0.1) is 0 Å². The Morgan fingerprint density at radius 1 is 0.923 bits per heavy atom. The largest absolute Gasteiger partial charge is 0.507 e. The number of esters is 1. The standard InChI is InChI=1S/C21H18O5/c1-12-7-8-13(2)16(9-12)19(23)11-26-21(25)17-10-18(22)14-5-3-4-6-15(14)20(17)24/h3-10,22,24H,11H2,1-2H3. The second-order valence-corrected chi connectivity index (χ2v) is 6.16. The highest BCUT2D eigenvalue weighted by Gasteiger charge is 2.20. The van der Waals surface area contributed by atoms with E-state index in [1.807, 2.05) is 26.0 Å². The highest BCUT2D eigenvalue weighted by molar-refractivity contribution is 6.05. The van der Waals surface area contributed by atoms with Gasteiger partial charge in [0, 0.05) is 16.3 Å². The van der Waals surface area contributed by atoms with E-state index in [9.17, 15) is 19.8 Å². The Balaban J connectivity index is 1.83. The highest BCUT2D eigenvalue weighted by atomic mass is 16.5. The number of hydrogen-bond donors (Lipinski definition) is 2. The smallest absolute Gasteiger partial charge is 0.342 e. The van der Waals surface area contributed by atoms with Crippen molar-refractivity contribution in [1.82, 2.24) is 0 Å². The van der Waals surface area contributed by atoms with Crippen LogP contribution in [0.5, 0.6) is 11.5 Å². The third-order valence-electron chi connectivity index (χ3n) is 4.24. The van der Waals surface area contributed by atoms with Crippen LogP contribution in [0.25, 0.3) is 10.8 Å². The molecule has 0 spiro atoms. The number of carbonyl (C=O) groups is 2. The third-order valence-corrected chi connectivity index (χ3v) is 4.24. The van der Waals surface area contributed by atoms with Crippen molar-refractivity contribution in [3.8, 4) is 11.5 Å². The molecule has 0 unspecified atom stereocenters. The van der Waals surface area contributed by atoms with Gasteiger partial charge in [0.15, 0.2) is 6.61 Å². The summed E-state index contributed by atoms with van der Waals surface area (Å²) in [4.78, 5) is 24.6. The summed E-state index contributed by atoms with van der Waals surface area (Å²) in [5, 5.41) is 21.1. The molecule has 0 saturated carbocycles. The number of rotatable bonds is 4. The number of phenolic OH excluding ortho intramolecular Hbond substituents is 2. The minimum absolute atomic E-state index is 0.147. The molecule has 0 bridgehead atoms. The SMILES string of the molecule is Cc1ccc(C)c(C(=O)COC(=O)c2cc(O)c3ccccc3c2O)c1. The Kier molecular flexibility index (Phi) is 4.63. The van der Waals surface area contributed by atoms with Crippen LogP contribution in [0.1, 0.15) is 31.8 Å². The molecule has 0 aliphatic heterocycles. The fourth-order valence-corrected chi connectivity index (χ4v) is 2.82. The van der Waals surface area contributed by atoms with Crippen molar-refractivity contribution in [2.45, 2.75) is 13.8 Å². The number of hydrogen-bond acceptors (Lipinski definition) is 5. The molecule has 26 heavy (non-hydrogen) atoms. The molecule has 0 atom stereocenters. The number of aromatic hydroxyl groups is 2. The monoisotopic (exact) mass is 350 g/mol. The van der Waals surface area contributed by atoms with Crippen molar-refractivity contribution in [2.75, 3.05) is 6.61 Å². The molecule has 3 aromatic carbocycles. The lowest BCUT2D eigenvalue weighted by atomic mass is 10.0. The first kappa shape index (κ1) is 17.5. The van der Waals surface area contributed by atoms with E-state index >= 15 is 0 Å². The molecule has 3 rings (SSSR count). The molecule has 2 N–H and O–H groups in total. The number of ether oxygens (including phenoxy) is 1. The predicted octanol–water partition coefficient (Wildman–Crippen LogP) is 3.91. The molecular formula is C21H18O5. The molecule has 0 aliphatic rings. The number of benzene rings is 3. The number of aryl methyl sites for hydroxylation is 2. The Labute approximate surface area is 150 Å². The first-order valence-corrected chi connectivity index (χ1v) is 8.09. The van der Waals surface area contributed by atoms with E-state index in [1.54, 1.807) is 30.3 Å². The van der Waals surface area contributed by atoms with Gasteiger partial charge in [-0.3, -0.25) is 4.79 Å². The molecule has 0 heterocycles. The summed E-state index contributed by atoms with van der Waals surface area (Å²) in [6.07, 6.45) is 0. The summed E-state index contributed by atoms with van der Waals surface area (Å²) in [5.74, 6) is -1.64. The number of ketones is 1. The lowest BCUT2D eigenvalue weighted by Gasteiger charge is -2.10. The van der Waals surface area contributed by atoms with Gasteiger partial charge < -0.3 is 14.9 Å². The Bertz CT molecular complexity index is 1020. The van der Waals surface area contributed by atoms with Gasteiger partial charge in [0.25, 0.3) is 0 Å². The molecule has 3 aromatic rings. The summed E-state index contributed by atoms with van der Waals surface area (Å²) in [7, 11) is 0. The van der Waals surface area contributed by atoms with Crippen molar-refractivity contribution in [2.24, 2.45) is 0 Å². The van der Waals surface area contributed by atoms with Gasteiger partial charge in [-0.05, 0) is 31.5 Å². The average molecular weight is 350 g/mol. The molecule has 0 radical (unpaired) electrons. The van der Waals surface area contributed by atoms with Crippen LogP contribution in [-0.4, -0.2) is 28.6 Å². The second-order valence-electron chi connectivity index (χ2n) is 6.16. The molecule has 5 heteroatoms. The van der Waals surface area contributed by atoms with Crippen LogP contribution in [0.2, 0.25) is 0 Å². The van der Waals surface area contributed by atoms with Crippen LogP contribution >= 0.6 is 0 Å². The zero-order valence-corrected chi connectivity index (χ0v) is 14.4. The summed E-state index contributed by atoms with van der Waals surface area (Å²) in [5.41, 5.74) is 2.03. The van der Waals surface area contributed by atoms with Crippen molar-refractivity contribution in [3.63, 3.8) is 0 Å². The number of phenols is 2. The van der Waals surface area contributed by atoms with Crippen LogP contribution in [0, 0.1) is 13.8 Å². The maximum absolute atomic E-state index is 12.3. The van der Waals surface area contributed by atoms with E-state index in [-0.39, 0.29) is 22.8 Å². The quantitative estimate of drug-likeness (QED) is 0.423. The minimum atomic E-state index is -0.873. The highest BCUT2D eigenvalue weighted by Crippen LogP contribution is 2.35. The molecule has 0 aromatic heterocycles. The maximum Gasteiger partial charge on any atom is 0.342 e. The van der Waals surface area contributed by atoms with Gasteiger partial charge in [-0.2, -0.15) is 0 Å². The Hall–Kier alpha value is -3.34. The molecule has 5 nitrogen and oxygen atoms in total. The minimum Gasteiger partial charge on any atom is -0.507 e. The zero-order valence-electron chi connectivity index (χ0n) is 14.4. The molecule has 0 aliphatic carbocycles. The summed E-state index contributed by atoms with van der Waals surface area (Å²) >= 11 is 0. The van der Waals surface area contributed by atoms with Crippen molar-refractivity contribution >= 4 is 22.5 Å². The zero-order chi connectivity index (χ0) is 18.8. The summed E-state index contributed by atoms with van der Waals surface area (Å²) in [6, 6.07) is 13.2. The van der Waals surface area contributed by atoms with Gasteiger partial charge in [-0.25, -0.2) is 4.79 Å². The van der Waals surface area contributed by atoms with Gasteiger partial charge in [0.1, 0.15) is 17.1 Å². The maximum atomic E-state index is 12.3. The van der Waals surface area contributed by atoms with Gasteiger partial charge in [-0.1, -0.05) is 42.0 Å². The first-order chi connectivity index (χ1) is 12.4. The van der Waals surface area contributed by atoms with Crippen molar-refractivity contribution < 1.29 is 24.5 Å². The van der Waals surface area contributed by atoms with Crippen molar-refractivity contribution in [3.05, 3.63) is 70.8 Å². The number of fused-ring (bicyclic) bond motifs is 1. The van der Waals surface area contributed by atoms with E-state index in [4.69, 9.17) is 4.74 Å². The average Bonchev–Trinajstić information content (AvgIpc) is 2.64. The van der Waals surface area contributed by atoms with Gasteiger partial charge in [0.05, 0.1) is 0 Å². The molecule has 132 valence electrons. The molecular weight excluding hydrogens is 332 g/mol. The first-order valence-electron chi connectivity index (χ1n) is 8.09. The Morgan fingerprint density at radius 2 is 1.62 bits per heavy atom. The van der Waals surface area contributed by atoms with Crippen LogP contribution in [-0.2, 0) is 4.74 Å². The fraction of sp³-hybridized carbons (Fsp3) is 0.143. The van der Waals surface area contributed by atoms with Crippen LogP contribution in [0.3, 0.4) is 0 Å². The van der Waals surface area contributed by atoms with E-state index < -0.39 is 12.6 Å². The lowest BCUT2D eigenvalue weighted by molar-refractivity contribution is 0.0471. The predicted molar refractivity (Wildman–Crippen MR) is 97.8 cm³/mol. The third kappa shape index (κ3) is 3.24. The summed E-state index contributed by atoms with van der Waals surface area (Å²) in [6.45, 7) is 3.23. The van der Waals surface area contributed by atoms with E-state index in [0.29, 0.717) is 16.3 Å². The van der Waals surface area contributed by atoms with Crippen molar-refractivity contribution in [1.29, 1.82) is 0 Å². The second kappa shape index (κ2) is 6.88. The molecule has 0 fully saturated rings. The van der Waals surface area contributed by atoms with Crippen LogP contribution in [0.15, 0.2) is 48.5 Å². The van der Waals surface area contributed by atoms with Crippen LogP contribution in [0.4, 0.5) is 0 Å². The van der Waals surface area contributed by atoms with E-state index in [0.717, 1.165) is 17.2 Å². The Morgan fingerprint density at radius 3 is 2.35 bits per heavy atom. The molecule has 0 saturated heterocycles.